The largest absolute Gasteiger partial charge is 0.478 e. The fourth-order valence-corrected chi connectivity index (χ4v) is 1.50. The summed E-state index contributed by atoms with van der Waals surface area (Å²) in [5.74, 6) is -0.725. The number of carboxylic acids is 1. The van der Waals surface area contributed by atoms with Crippen LogP contribution in [0.25, 0.3) is 0 Å². The molecule has 0 radical (unpaired) electrons. The van der Waals surface area contributed by atoms with Gasteiger partial charge in [-0.2, -0.15) is 0 Å². The quantitative estimate of drug-likeness (QED) is 0.561. The first-order valence-corrected chi connectivity index (χ1v) is 5.85. The van der Waals surface area contributed by atoms with E-state index in [2.05, 4.69) is 16.9 Å². The minimum absolute atomic E-state index is 0.0294. The first-order chi connectivity index (χ1) is 8.66. The van der Waals surface area contributed by atoms with E-state index in [9.17, 15) is 4.79 Å². The first-order valence-electron chi connectivity index (χ1n) is 5.47. The number of carboxylic acid groups (broad SMARTS) is 1. The van der Waals surface area contributed by atoms with Gasteiger partial charge in [-0.3, -0.25) is 0 Å². The summed E-state index contributed by atoms with van der Waals surface area (Å²) < 4.78 is 5.29. The van der Waals surface area contributed by atoms with Gasteiger partial charge in [0.1, 0.15) is 5.82 Å². The van der Waals surface area contributed by atoms with Crippen LogP contribution in [0.15, 0.2) is 24.9 Å². The molecule has 18 heavy (non-hydrogen) atoms. The maximum Gasteiger partial charge on any atom is 0.337 e. The Bertz CT molecular complexity index is 424. The van der Waals surface area contributed by atoms with Crippen LogP contribution in [-0.2, 0) is 4.74 Å². The normalized spacial score (nSPS) is 10.1. The second-order valence-electron chi connectivity index (χ2n) is 3.44. The Balaban J connectivity index is 2.45. The van der Waals surface area contributed by atoms with Crippen LogP contribution in [0, 0.1) is 0 Å². The lowest BCUT2D eigenvalue weighted by Gasteiger charge is -2.08. The van der Waals surface area contributed by atoms with Crippen molar-refractivity contribution in [3.05, 3.63) is 35.5 Å². The summed E-state index contributed by atoms with van der Waals surface area (Å²) in [4.78, 5) is 14.8. The van der Waals surface area contributed by atoms with E-state index in [4.69, 9.17) is 21.4 Å². The highest BCUT2D eigenvalue weighted by Gasteiger charge is 2.12. The van der Waals surface area contributed by atoms with Crippen molar-refractivity contribution in [3.8, 4) is 0 Å². The number of halogens is 1. The van der Waals surface area contributed by atoms with Crippen molar-refractivity contribution in [2.75, 3.05) is 25.1 Å². The molecule has 0 atom stereocenters. The van der Waals surface area contributed by atoms with E-state index < -0.39 is 5.97 Å². The number of nitrogens with zero attached hydrogens (tertiary/aromatic N) is 1. The summed E-state index contributed by atoms with van der Waals surface area (Å²) in [6.45, 7) is 5.19. The van der Waals surface area contributed by atoms with Crippen molar-refractivity contribution < 1.29 is 14.6 Å². The van der Waals surface area contributed by atoms with Crippen LogP contribution in [0.5, 0.6) is 0 Å². The molecule has 1 rings (SSSR count). The standard InChI is InChI=1S/C12H15ClN2O3/c1-2-3-7-18-8-6-15-11-10(13)9(12(16)17)4-5-14-11/h2,4-5H,1,3,6-8H2,(H,14,15)(H,16,17). The van der Waals surface area contributed by atoms with E-state index in [0.29, 0.717) is 25.6 Å². The van der Waals surface area contributed by atoms with Crippen LogP contribution in [0.3, 0.4) is 0 Å². The molecule has 0 unspecified atom stereocenters. The van der Waals surface area contributed by atoms with Gasteiger partial charge in [-0.25, -0.2) is 9.78 Å². The molecule has 0 fully saturated rings. The maximum atomic E-state index is 10.8. The molecule has 2 N–H and O–H groups in total. The monoisotopic (exact) mass is 270 g/mol. The van der Waals surface area contributed by atoms with Gasteiger partial charge in [-0.15, -0.1) is 6.58 Å². The van der Waals surface area contributed by atoms with Crippen LogP contribution in [-0.4, -0.2) is 35.8 Å². The molecule has 6 heteroatoms. The molecule has 0 saturated carbocycles. The average Bonchev–Trinajstić information content (AvgIpc) is 2.35. The summed E-state index contributed by atoms with van der Waals surface area (Å²) in [5.41, 5.74) is 0.0294. The summed E-state index contributed by atoms with van der Waals surface area (Å²) in [7, 11) is 0. The van der Waals surface area contributed by atoms with E-state index >= 15 is 0 Å². The molecule has 1 aromatic heterocycles. The number of nitrogens with one attached hydrogen (secondary N) is 1. The molecule has 0 aliphatic rings. The van der Waals surface area contributed by atoms with Crippen molar-refractivity contribution in [2.45, 2.75) is 6.42 Å². The molecule has 0 aromatic carbocycles. The average molecular weight is 271 g/mol. The lowest BCUT2D eigenvalue weighted by atomic mass is 10.2. The predicted molar refractivity (Wildman–Crippen MR) is 70.3 cm³/mol. The summed E-state index contributed by atoms with van der Waals surface area (Å²) in [6.07, 6.45) is 3.98. The van der Waals surface area contributed by atoms with Gasteiger partial charge in [0.25, 0.3) is 0 Å². The number of ether oxygens (including phenoxy) is 1. The third-order valence-corrected chi connectivity index (χ3v) is 2.51. The molecule has 0 spiro atoms. The second kappa shape index (κ2) is 7.68. The minimum Gasteiger partial charge on any atom is -0.478 e. The van der Waals surface area contributed by atoms with Gasteiger partial charge in [-0.05, 0) is 12.5 Å². The second-order valence-corrected chi connectivity index (χ2v) is 3.82. The molecule has 0 amide bonds. The number of aromatic carboxylic acids is 1. The zero-order chi connectivity index (χ0) is 13.4. The van der Waals surface area contributed by atoms with Crippen molar-refractivity contribution in [2.24, 2.45) is 0 Å². The van der Waals surface area contributed by atoms with Gasteiger partial charge in [0, 0.05) is 12.7 Å². The highest BCUT2D eigenvalue weighted by atomic mass is 35.5. The highest BCUT2D eigenvalue weighted by Crippen LogP contribution is 2.23. The Labute approximate surface area is 110 Å². The van der Waals surface area contributed by atoms with Crippen molar-refractivity contribution in [1.29, 1.82) is 0 Å². The first kappa shape index (κ1) is 14.5. The fourth-order valence-electron chi connectivity index (χ4n) is 1.24. The highest BCUT2D eigenvalue weighted by molar-refractivity contribution is 6.35. The van der Waals surface area contributed by atoms with Crippen LogP contribution in [0.1, 0.15) is 16.8 Å². The van der Waals surface area contributed by atoms with Crippen LogP contribution in [0.4, 0.5) is 5.82 Å². The van der Waals surface area contributed by atoms with Gasteiger partial charge in [0.2, 0.25) is 0 Å². The van der Waals surface area contributed by atoms with Crippen LogP contribution in [0.2, 0.25) is 5.02 Å². The minimum atomic E-state index is -1.08. The lowest BCUT2D eigenvalue weighted by molar-refractivity contribution is 0.0697. The zero-order valence-corrected chi connectivity index (χ0v) is 10.6. The van der Waals surface area contributed by atoms with Crippen LogP contribution >= 0.6 is 11.6 Å². The maximum absolute atomic E-state index is 10.8. The predicted octanol–water partition coefficient (Wildman–Crippen LogP) is 2.44. The summed E-state index contributed by atoms with van der Waals surface area (Å²) >= 11 is 5.91. The molecule has 98 valence electrons. The summed E-state index contributed by atoms with van der Waals surface area (Å²) in [5, 5.41) is 11.9. The Morgan fingerprint density at radius 3 is 3.06 bits per heavy atom. The third-order valence-electron chi connectivity index (χ3n) is 2.12. The van der Waals surface area contributed by atoms with E-state index in [1.54, 1.807) is 6.08 Å². The van der Waals surface area contributed by atoms with Crippen molar-refractivity contribution in [1.82, 2.24) is 4.98 Å². The van der Waals surface area contributed by atoms with E-state index in [1.165, 1.54) is 12.3 Å². The van der Waals surface area contributed by atoms with Gasteiger partial charge in [0.15, 0.2) is 0 Å². The Hall–Kier alpha value is -1.59. The molecule has 1 aromatic rings. The smallest absolute Gasteiger partial charge is 0.337 e. The van der Waals surface area contributed by atoms with Crippen LogP contribution < -0.4 is 5.32 Å². The van der Waals surface area contributed by atoms with Gasteiger partial charge in [-0.1, -0.05) is 17.7 Å². The van der Waals surface area contributed by atoms with E-state index in [0.717, 1.165) is 6.42 Å². The molecular weight excluding hydrogens is 256 g/mol. The van der Waals surface area contributed by atoms with Gasteiger partial charge < -0.3 is 15.2 Å². The number of hydrogen-bond donors (Lipinski definition) is 2. The zero-order valence-electron chi connectivity index (χ0n) is 9.86. The number of anilines is 1. The SMILES string of the molecule is C=CCCOCCNc1nccc(C(=O)O)c1Cl. The molecule has 0 bridgehead atoms. The lowest BCUT2D eigenvalue weighted by Crippen LogP contribution is -2.12. The number of rotatable bonds is 8. The Kier molecular flexibility index (Phi) is 6.18. The number of hydrogen-bond acceptors (Lipinski definition) is 4. The number of pyridine rings is 1. The summed E-state index contributed by atoms with van der Waals surface area (Å²) in [6, 6.07) is 1.36. The van der Waals surface area contributed by atoms with Gasteiger partial charge in [0.05, 0.1) is 23.8 Å². The molecule has 1 heterocycles. The molecule has 0 aliphatic heterocycles. The van der Waals surface area contributed by atoms with E-state index in [-0.39, 0.29) is 10.6 Å². The van der Waals surface area contributed by atoms with Crippen molar-refractivity contribution in [3.63, 3.8) is 0 Å². The topological polar surface area (TPSA) is 71.5 Å². The molecular formula is C12H15ClN2O3. The fraction of sp³-hybridized carbons (Fsp3) is 0.333. The van der Waals surface area contributed by atoms with E-state index in [1.807, 2.05) is 0 Å². The Morgan fingerprint density at radius 2 is 2.39 bits per heavy atom. The number of aromatic nitrogens is 1. The van der Waals surface area contributed by atoms with Crippen molar-refractivity contribution >= 4 is 23.4 Å². The van der Waals surface area contributed by atoms with Gasteiger partial charge >= 0.3 is 5.97 Å². The number of carbonyl (C=O) groups is 1. The molecule has 0 aliphatic carbocycles. The molecule has 5 nitrogen and oxygen atoms in total. The molecule has 0 saturated heterocycles. The Morgan fingerprint density at radius 1 is 1.61 bits per heavy atom. The third kappa shape index (κ3) is 4.35.